The maximum Gasteiger partial charge on any atom is 0.342 e. The van der Waals surface area contributed by atoms with E-state index in [1.54, 1.807) is 0 Å². The van der Waals surface area contributed by atoms with E-state index in [0.717, 1.165) is 32.1 Å². The van der Waals surface area contributed by atoms with E-state index in [2.05, 4.69) is 9.46 Å². The summed E-state index contributed by atoms with van der Waals surface area (Å²) in [4.78, 5) is 11.7. The summed E-state index contributed by atoms with van der Waals surface area (Å²) in [5.74, 6) is -0.361. The Morgan fingerprint density at radius 1 is 1.26 bits per heavy atom. The Labute approximate surface area is 136 Å². The minimum absolute atomic E-state index is 0.0628. The molecule has 130 valence electrons. The molecule has 0 radical (unpaired) electrons. The number of aryl methyl sites for hydroxylation is 2. The molecular formula is C15H24N2O5S. The molecule has 0 bridgehead atoms. The number of sulfonamides is 1. The molecule has 1 heterocycles. The molecule has 1 aliphatic rings. The second kappa shape index (κ2) is 6.62. The van der Waals surface area contributed by atoms with Crippen molar-refractivity contribution in [1.82, 2.24) is 4.72 Å². The molecular weight excluding hydrogens is 320 g/mol. The number of methoxy groups -OCH3 is 1. The number of nitrogens with one attached hydrogen (secondary N) is 1. The van der Waals surface area contributed by atoms with E-state index in [1.807, 2.05) is 0 Å². The summed E-state index contributed by atoms with van der Waals surface area (Å²) in [6.45, 7) is 3.18. The highest BCUT2D eigenvalue weighted by molar-refractivity contribution is 7.89. The van der Waals surface area contributed by atoms with Gasteiger partial charge >= 0.3 is 5.97 Å². The van der Waals surface area contributed by atoms with Gasteiger partial charge in [0.2, 0.25) is 10.0 Å². The lowest BCUT2D eigenvalue weighted by atomic mass is 9.83. The van der Waals surface area contributed by atoms with Crippen molar-refractivity contribution < 1.29 is 22.4 Å². The van der Waals surface area contributed by atoms with Crippen LogP contribution in [0.1, 0.15) is 54.0 Å². The monoisotopic (exact) mass is 344 g/mol. The number of esters is 1. The molecule has 8 heteroatoms. The molecule has 7 nitrogen and oxygen atoms in total. The molecule has 1 aromatic rings. The van der Waals surface area contributed by atoms with Gasteiger partial charge in [0.15, 0.2) is 0 Å². The van der Waals surface area contributed by atoms with Crippen molar-refractivity contribution in [3.8, 4) is 0 Å². The van der Waals surface area contributed by atoms with Crippen LogP contribution in [0.5, 0.6) is 0 Å². The van der Waals surface area contributed by atoms with E-state index in [1.165, 1.54) is 21.0 Å². The third-order valence-electron chi connectivity index (χ3n) is 4.33. The first kappa shape index (κ1) is 18.0. The van der Waals surface area contributed by atoms with Crippen molar-refractivity contribution in [3.63, 3.8) is 0 Å². The highest BCUT2D eigenvalue weighted by atomic mass is 32.2. The van der Waals surface area contributed by atoms with Crippen LogP contribution in [0, 0.1) is 13.8 Å². The molecule has 23 heavy (non-hydrogen) atoms. The van der Waals surface area contributed by atoms with Crippen LogP contribution in [-0.2, 0) is 14.8 Å². The lowest BCUT2D eigenvalue weighted by Gasteiger charge is -2.33. The summed E-state index contributed by atoms with van der Waals surface area (Å²) in [5.41, 5.74) is 5.67. The third-order valence-corrected chi connectivity index (χ3v) is 5.88. The number of nitrogens with two attached hydrogens (primary N) is 1. The number of hydrogen-bond acceptors (Lipinski definition) is 6. The first-order chi connectivity index (χ1) is 10.7. The molecule has 0 amide bonds. The zero-order valence-corrected chi connectivity index (χ0v) is 14.6. The summed E-state index contributed by atoms with van der Waals surface area (Å²) in [6.07, 6.45) is 4.68. The summed E-state index contributed by atoms with van der Waals surface area (Å²) in [6, 6.07) is 0. The molecule has 0 unspecified atom stereocenters. The molecule has 1 aliphatic carbocycles. The van der Waals surface area contributed by atoms with Crippen LogP contribution in [0.4, 0.5) is 0 Å². The Morgan fingerprint density at radius 3 is 2.43 bits per heavy atom. The molecule has 0 aromatic carbocycles. The number of carbonyl (C=O) groups excluding carboxylic acids is 1. The van der Waals surface area contributed by atoms with Crippen molar-refractivity contribution in [2.45, 2.75) is 56.4 Å². The van der Waals surface area contributed by atoms with Crippen molar-refractivity contribution in [2.75, 3.05) is 13.7 Å². The van der Waals surface area contributed by atoms with Gasteiger partial charge in [0.1, 0.15) is 22.0 Å². The van der Waals surface area contributed by atoms with Gasteiger partial charge in [-0.25, -0.2) is 17.9 Å². The predicted molar refractivity (Wildman–Crippen MR) is 84.7 cm³/mol. The second-order valence-corrected chi connectivity index (χ2v) is 7.86. The Balaban J connectivity index is 2.28. The maximum absolute atomic E-state index is 12.7. The van der Waals surface area contributed by atoms with Crippen LogP contribution >= 0.6 is 0 Å². The van der Waals surface area contributed by atoms with Crippen LogP contribution in [0.15, 0.2) is 9.31 Å². The van der Waals surface area contributed by atoms with Gasteiger partial charge in [0.05, 0.1) is 7.11 Å². The van der Waals surface area contributed by atoms with E-state index in [0.29, 0.717) is 0 Å². The maximum atomic E-state index is 12.7. The normalized spacial score (nSPS) is 17.9. The van der Waals surface area contributed by atoms with Gasteiger partial charge < -0.3 is 14.9 Å². The fraction of sp³-hybridized carbons (Fsp3) is 0.667. The van der Waals surface area contributed by atoms with Crippen molar-refractivity contribution >= 4 is 16.0 Å². The average molecular weight is 344 g/mol. The van der Waals surface area contributed by atoms with Gasteiger partial charge in [-0.15, -0.1) is 0 Å². The topological polar surface area (TPSA) is 112 Å². The quantitative estimate of drug-likeness (QED) is 0.785. The van der Waals surface area contributed by atoms with Crippen molar-refractivity contribution in [2.24, 2.45) is 5.73 Å². The van der Waals surface area contributed by atoms with E-state index in [9.17, 15) is 13.2 Å². The van der Waals surface area contributed by atoms with Crippen molar-refractivity contribution in [3.05, 3.63) is 17.1 Å². The van der Waals surface area contributed by atoms with Crippen molar-refractivity contribution in [1.29, 1.82) is 0 Å². The Bertz CT molecular complexity index is 687. The third kappa shape index (κ3) is 3.76. The summed E-state index contributed by atoms with van der Waals surface area (Å²) in [5, 5.41) is 0. The summed E-state index contributed by atoms with van der Waals surface area (Å²) in [7, 11) is -2.72. The smallest absolute Gasteiger partial charge is 0.342 e. The fourth-order valence-electron chi connectivity index (χ4n) is 3.07. The SMILES string of the molecule is COC(=O)c1c(C)oc(C)c1S(=O)(=O)NCC1(N)CCCCC1. The highest BCUT2D eigenvalue weighted by Gasteiger charge is 2.34. The summed E-state index contributed by atoms with van der Waals surface area (Å²) < 4.78 is 37.8. The molecule has 0 atom stereocenters. The highest BCUT2D eigenvalue weighted by Crippen LogP contribution is 2.29. The molecule has 0 aliphatic heterocycles. The molecule has 1 saturated carbocycles. The predicted octanol–water partition coefficient (Wildman–Crippen LogP) is 1.62. The number of carbonyl (C=O) groups is 1. The van der Waals surface area contributed by atoms with Gasteiger partial charge in [-0.05, 0) is 26.7 Å². The van der Waals surface area contributed by atoms with Gasteiger partial charge in [0.25, 0.3) is 0 Å². The minimum atomic E-state index is -3.92. The standard InChI is InChI=1S/C15H24N2O5S/c1-10-12(14(18)21-3)13(11(2)22-10)23(19,20)17-9-15(16)7-5-4-6-8-15/h17H,4-9,16H2,1-3H3. The van der Waals surface area contributed by atoms with Crippen LogP contribution < -0.4 is 10.5 Å². The number of furan rings is 1. The largest absolute Gasteiger partial charge is 0.465 e. The number of ether oxygens (including phenoxy) is 1. The van der Waals surface area contributed by atoms with E-state index < -0.39 is 21.5 Å². The van der Waals surface area contributed by atoms with Gasteiger partial charge in [0, 0.05) is 12.1 Å². The van der Waals surface area contributed by atoms with Crippen LogP contribution in [0.2, 0.25) is 0 Å². The van der Waals surface area contributed by atoms with E-state index in [4.69, 9.17) is 10.2 Å². The zero-order chi connectivity index (χ0) is 17.3. The molecule has 1 fully saturated rings. The lowest BCUT2D eigenvalue weighted by molar-refractivity contribution is 0.0595. The lowest BCUT2D eigenvalue weighted by Crippen LogP contribution is -2.51. The molecule has 1 aromatic heterocycles. The molecule has 2 rings (SSSR count). The fourth-order valence-corrected chi connectivity index (χ4v) is 4.61. The first-order valence-corrected chi connectivity index (χ1v) is 9.15. The number of rotatable bonds is 5. The Morgan fingerprint density at radius 2 is 1.87 bits per heavy atom. The van der Waals surface area contributed by atoms with Gasteiger partial charge in [-0.3, -0.25) is 0 Å². The molecule has 3 N–H and O–H groups in total. The minimum Gasteiger partial charge on any atom is -0.465 e. The van der Waals surface area contributed by atoms with Crippen LogP contribution in [-0.4, -0.2) is 33.6 Å². The molecule has 0 saturated heterocycles. The van der Waals surface area contributed by atoms with E-state index >= 15 is 0 Å². The Kier molecular flexibility index (Phi) is 5.17. The summed E-state index contributed by atoms with van der Waals surface area (Å²) >= 11 is 0. The first-order valence-electron chi connectivity index (χ1n) is 7.67. The zero-order valence-electron chi connectivity index (χ0n) is 13.8. The number of hydrogen-bond donors (Lipinski definition) is 2. The van der Waals surface area contributed by atoms with Gasteiger partial charge in [-0.1, -0.05) is 19.3 Å². The Hall–Kier alpha value is -1.38. The van der Waals surface area contributed by atoms with Gasteiger partial charge in [-0.2, -0.15) is 0 Å². The van der Waals surface area contributed by atoms with Crippen LogP contribution in [0.25, 0.3) is 0 Å². The second-order valence-electron chi connectivity index (χ2n) is 6.16. The average Bonchev–Trinajstić information content (AvgIpc) is 2.81. The molecule has 0 spiro atoms. The van der Waals surface area contributed by atoms with Crippen LogP contribution in [0.3, 0.4) is 0 Å². The van der Waals surface area contributed by atoms with E-state index in [-0.39, 0.29) is 28.5 Å².